The Morgan fingerprint density at radius 1 is 1.26 bits per heavy atom. The monoisotopic (exact) mass is 331 g/mol. The minimum absolute atomic E-state index is 0.0474. The van der Waals surface area contributed by atoms with Crippen molar-refractivity contribution in [1.82, 2.24) is 5.43 Å². The molecular formula is C17H18ClN3O2. The maximum atomic E-state index is 11.9. The molecule has 2 aromatic rings. The number of rotatable bonds is 5. The van der Waals surface area contributed by atoms with Gasteiger partial charge in [0.05, 0.1) is 17.3 Å². The van der Waals surface area contributed by atoms with E-state index in [2.05, 4.69) is 10.5 Å². The Labute approximate surface area is 140 Å². The average molecular weight is 332 g/mol. The summed E-state index contributed by atoms with van der Waals surface area (Å²) in [7, 11) is 0. The number of hydrogen-bond acceptors (Lipinski definition) is 4. The van der Waals surface area contributed by atoms with Crippen LogP contribution in [0.4, 0.5) is 5.69 Å². The molecular weight excluding hydrogens is 314 g/mol. The number of carbonyl (C=O) groups is 1. The zero-order valence-corrected chi connectivity index (χ0v) is 13.7. The van der Waals surface area contributed by atoms with Crippen LogP contribution >= 0.6 is 11.6 Å². The second-order valence-electron chi connectivity index (χ2n) is 5.18. The van der Waals surface area contributed by atoms with Gasteiger partial charge in [0.25, 0.3) is 5.91 Å². The van der Waals surface area contributed by atoms with Crippen molar-refractivity contribution in [1.29, 1.82) is 0 Å². The number of ether oxygens (including phenoxy) is 1. The van der Waals surface area contributed by atoms with Crippen molar-refractivity contribution < 1.29 is 9.53 Å². The highest BCUT2D eigenvalue weighted by Crippen LogP contribution is 2.25. The van der Waals surface area contributed by atoms with E-state index < -0.39 is 0 Å². The van der Waals surface area contributed by atoms with Gasteiger partial charge in [-0.25, -0.2) is 5.43 Å². The molecule has 0 bridgehead atoms. The average Bonchev–Trinajstić information content (AvgIpc) is 2.50. The predicted molar refractivity (Wildman–Crippen MR) is 93.1 cm³/mol. The fourth-order valence-electron chi connectivity index (χ4n) is 1.81. The van der Waals surface area contributed by atoms with Crippen molar-refractivity contribution >= 4 is 29.4 Å². The maximum Gasteiger partial charge on any atom is 0.271 e. The quantitative estimate of drug-likeness (QED) is 0.500. The first kappa shape index (κ1) is 16.8. The Hall–Kier alpha value is -2.53. The summed E-state index contributed by atoms with van der Waals surface area (Å²) in [5.74, 6) is 0.303. The minimum atomic E-state index is -0.313. The second kappa shape index (κ2) is 7.65. The van der Waals surface area contributed by atoms with Crippen molar-refractivity contribution in [2.45, 2.75) is 20.0 Å². The largest absolute Gasteiger partial charge is 0.489 e. The number of nitrogens with zero attached hydrogens (tertiary/aromatic N) is 1. The van der Waals surface area contributed by atoms with E-state index in [4.69, 9.17) is 22.1 Å². The summed E-state index contributed by atoms with van der Waals surface area (Å²) >= 11 is 6.14. The molecule has 0 saturated carbocycles. The van der Waals surface area contributed by atoms with Crippen molar-refractivity contribution in [2.75, 3.05) is 5.73 Å². The molecule has 1 amide bonds. The van der Waals surface area contributed by atoms with Crippen LogP contribution in [0.5, 0.6) is 5.75 Å². The fourth-order valence-corrected chi connectivity index (χ4v) is 2.04. The van der Waals surface area contributed by atoms with Gasteiger partial charge >= 0.3 is 0 Å². The van der Waals surface area contributed by atoms with Crippen LogP contribution in [0.15, 0.2) is 47.6 Å². The fraction of sp³-hybridized carbons (Fsp3) is 0.176. The topological polar surface area (TPSA) is 76.7 Å². The maximum absolute atomic E-state index is 11.9. The van der Waals surface area contributed by atoms with Crippen molar-refractivity contribution in [3.63, 3.8) is 0 Å². The third kappa shape index (κ3) is 5.00. The first-order valence-corrected chi connectivity index (χ1v) is 7.48. The van der Waals surface area contributed by atoms with Crippen LogP contribution < -0.4 is 15.9 Å². The van der Waals surface area contributed by atoms with E-state index in [1.54, 1.807) is 36.4 Å². The molecule has 0 aliphatic heterocycles. The van der Waals surface area contributed by atoms with Crippen LogP contribution in [0.3, 0.4) is 0 Å². The van der Waals surface area contributed by atoms with Crippen LogP contribution in [-0.4, -0.2) is 18.2 Å². The number of benzene rings is 2. The smallest absolute Gasteiger partial charge is 0.271 e. The molecule has 0 aromatic heterocycles. The van der Waals surface area contributed by atoms with Crippen molar-refractivity contribution in [2.24, 2.45) is 5.10 Å². The molecule has 0 saturated heterocycles. The van der Waals surface area contributed by atoms with Crippen LogP contribution in [0, 0.1) is 0 Å². The molecule has 3 N–H and O–H groups in total. The van der Waals surface area contributed by atoms with Gasteiger partial charge in [0.15, 0.2) is 0 Å². The SMILES string of the molecule is CC(C)Oc1ccc(/C=N\NC(=O)c2ccc(N)cc2)cc1Cl. The number of halogens is 1. The molecule has 0 heterocycles. The second-order valence-corrected chi connectivity index (χ2v) is 5.58. The zero-order chi connectivity index (χ0) is 16.8. The van der Waals surface area contributed by atoms with Gasteiger partial charge in [-0.2, -0.15) is 5.10 Å². The van der Waals surface area contributed by atoms with Gasteiger partial charge in [0.2, 0.25) is 0 Å². The molecule has 0 spiro atoms. The summed E-state index contributed by atoms with van der Waals surface area (Å²) < 4.78 is 5.55. The van der Waals surface area contributed by atoms with E-state index in [0.717, 1.165) is 5.56 Å². The standard InChI is InChI=1S/C17H18ClN3O2/c1-11(2)23-16-8-3-12(9-15(16)18)10-20-21-17(22)13-4-6-14(19)7-5-13/h3-11H,19H2,1-2H3,(H,21,22)/b20-10-. The molecule has 0 aliphatic rings. The molecule has 6 heteroatoms. The lowest BCUT2D eigenvalue weighted by Gasteiger charge is -2.11. The Balaban J connectivity index is 1.99. The molecule has 0 atom stereocenters. The lowest BCUT2D eigenvalue weighted by atomic mass is 10.2. The molecule has 5 nitrogen and oxygen atoms in total. The Bertz CT molecular complexity index is 712. The van der Waals surface area contributed by atoms with Gasteiger partial charge in [-0.3, -0.25) is 4.79 Å². The van der Waals surface area contributed by atoms with Crippen LogP contribution in [0.1, 0.15) is 29.8 Å². The molecule has 0 aliphatic carbocycles. The van der Waals surface area contributed by atoms with E-state index in [-0.39, 0.29) is 12.0 Å². The summed E-state index contributed by atoms with van der Waals surface area (Å²) in [6.45, 7) is 3.86. The lowest BCUT2D eigenvalue weighted by molar-refractivity contribution is 0.0955. The van der Waals surface area contributed by atoms with Gasteiger partial charge in [-0.15, -0.1) is 0 Å². The van der Waals surface area contributed by atoms with E-state index in [1.807, 2.05) is 19.9 Å². The predicted octanol–water partition coefficient (Wildman–Crippen LogP) is 3.47. The van der Waals surface area contributed by atoms with E-state index in [0.29, 0.717) is 22.0 Å². The molecule has 2 rings (SSSR count). The van der Waals surface area contributed by atoms with Gasteiger partial charge in [-0.1, -0.05) is 11.6 Å². The highest BCUT2D eigenvalue weighted by Gasteiger charge is 2.05. The zero-order valence-electron chi connectivity index (χ0n) is 12.9. The minimum Gasteiger partial charge on any atom is -0.489 e. The van der Waals surface area contributed by atoms with Crippen molar-refractivity contribution in [3.8, 4) is 5.75 Å². The van der Waals surface area contributed by atoms with Gasteiger partial charge in [-0.05, 0) is 61.9 Å². The van der Waals surface area contributed by atoms with E-state index >= 15 is 0 Å². The van der Waals surface area contributed by atoms with E-state index in [9.17, 15) is 4.79 Å². The Kier molecular flexibility index (Phi) is 5.60. The lowest BCUT2D eigenvalue weighted by Crippen LogP contribution is -2.17. The number of hydrogen-bond donors (Lipinski definition) is 2. The van der Waals surface area contributed by atoms with Crippen LogP contribution in [-0.2, 0) is 0 Å². The number of amides is 1. The summed E-state index contributed by atoms with van der Waals surface area (Å²) in [4.78, 5) is 11.9. The summed E-state index contributed by atoms with van der Waals surface area (Å²) in [6, 6.07) is 11.9. The van der Waals surface area contributed by atoms with Gasteiger partial charge in [0.1, 0.15) is 5.75 Å². The summed E-state index contributed by atoms with van der Waals surface area (Å²) in [5, 5.41) is 4.41. The third-order valence-corrected chi connectivity index (χ3v) is 3.17. The normalized spacial score (nSPS) is 11.0. The molecule has 2 aromatic carbocycles. The van der Waals surface area contributed by atoms with Crippen LogP contribution in [0.25, 0.3) is 0 Å². The number of nitrogens with one attached hydrogen (secondary N) is 1. The highest BCUT2D eigenvalue weighted by molar-refractivity contribution is 6.32. The summed E-state index contributed by atoms with van der Waals surface area (Å²) in [5.41, 5.74) is 9.86. The van der Waals surface area contributed by atoms with Crippen molar-refractivity contribution in [3.05, 3.63) is 58.6 Å². The molecule has 0 fully saturated rings. The Morgan fingerprint density at radius 3 is 2.57 bits per heavy atom. The number of hydrazone groups is 1. The molecule has 0 radical (unpaired) electrons. The Morgan fingerprint density at radius 2 is 1.96 bits per heavy atom. The highest BCUT2D eigenvalue weighted by atomic mass is 35.5. The number of anilines is 1. The third-order valence-electron chi connectivity index (χ3n) is 2.87. The van der Waals surface area contributed by atoms with Crippen LogP contribution in [0.2, 0.25) is 5.02 Å². The molecule has 120 valence electrons. The number of nitrogen functional groups attached to an aromatic ring is 1. The van der Waals surface area contributed by atoms with Gasteiger partial charge < -0.3 is 10.5 Å². The number of nitrogens with two attached hydrogens (primary N) is 1. The first-order chi connectivity index (χ1) is 11.0. The molecule has 23 heavy (non-hydrogen) atoms. The number of carbonyl (C=O) groups excluding carboxylic acids is 1. The summed E-state index contributed by atoms with van der Waals surface area (Å²) in [6.07, 6.45) is 1.56. The first-order valence-electron chi connectivity index (χ1n) is 7.11. The molecule has 0 unspecified atom stereocenters. The van der Waals surface area contributed by atoms with E-state index in [1.165, 1.54) is 6.21 Å². The van der Waals surface area contributed by atoms with Gasteiger partial charge in [0, 0.05) is 11.3 Å².